The van der Waals surface area contributed by atoms with Gasteiger partial charge >= 0.3 is 0 Å². The second-order valence-electron chi connectivity index (χ2n) is 7.07. The number of hydrogen-bond acceptors (Lipinski definition) is 3. The third kappa shape index (κ3) is 3.19. The molecule has 1 saturated heterocycles. The van der Waals surface area contributed by atoms with Gasteiger partial charge in [0.2, 0.25) is 0 Å². The lowest BCUT2D eigenvalue weighted by Crippen LogP contribution is -2.53. The zero-order valence-corrected chi connectivity index (χ0v) is 17.1. The van der Waals surface area contributed by atoms with Crippen molar-refractivity contribution in [2.24, 2.45) is 0 Å². The predicted molar refractivity (Wildman–Crippen MR) is 114 cm³/mol. The Balaban J connectivity index is 2.07. The maximum atomic E-state index is 14.0. The standard InChI is InChI=1S/C24H26NO2P/c1-2-28(26)25(19-12-20-27-28)24(21-13-6-3-7-14-21,22-15-8-4-9-16-22)23-17-10-5-11-18-23/h3-11,13-18H,2,12,19-20H2,1H3. The maximum absolute atomic E-state index is 14.0. The zero-order chi connectivity index (χ0) is 19.5. The van der Waals surface area contributed by atoms with Crippen LogP contribution in [0.5, 0.6) is 0 Å². The van der Waals surface area contributed by atoms with Gasteiger partial charge in [-0.3, -0.25) is 0 Å². The highest BCUT2D eigenvalue weighted by Gasteiger charge is 2.54. The Morgan fingerprint density at radius 2 is 1.25 bits per heavy atom. The van der Waals surface area contributed by atoms with Gasteiger partial charge in [-0.15, -0.1) is 4.67 Å². The Morgan fingerprint density at radius 1 is 0.821 bits per heavy atom. The van der Waals surface area contributed by atoms with E-state index in [0.717, 1.165) is 29.7 Å². The lowest BCUT2D eigenvalue weighted by atomic mass is 9.77. The van der Waals surface area contributed by atoms with Crippen LogP contribution in [0.25, 0.3) is 0 Å². The van der Waals surface area contributed by atoms with Crippen LogP contribution < -0.4 is 4.89 Å². The number of hydrogen-bond donors (Lipinski definition) is 0. The second-order valence-corrected chi connectivity index (χ2v) is 9.72. The molecule has 0 spiro atoms. The monoisotopic (exact) mass is 391 g/mol. The van der Waals surface area contributed by atoms with Crippen molar-refractivity contribution in [2.45, 2.75) is 18.9 Å². The lowest BCUT2D eigenvalue weighted by Gasteiger charge is -2.52. The van der Waals surface area contributed by atoms with Crippen molar-refractivity contribution in [2.75, 3.05) is 19.3 Å². The molecule has 144 valence electrons. The Kier molecular flexibility index (Phi) is 5.61. The van der Waals surface area contributed by atoms with E-state index in [1.165, 1.54) is 0 Å². The van der Waals surface area contributed by atoms with Crippen molar-refractivity contribution >= 4 is 7.87 Å². The Labute approximate surface area is 168 Å². The molecule has 4 heteroatoms. The van der Waals surface area contributed by atoms with E-state index in [4.69, 9.17) is 4.52 Å². The molecule has 0 amide bonds. The summed E-state index contributed by atoms with van der Waals surface area (Å²) >= 11 is 0. The number of rotatable bonds is 5. The summed E-state index contributed by atoms with van der Waals surface area (Å²) in [5.74, 6) is 0. The van der Waals surface area contributed by atoms with Crippen molar-refractivity contribution in [3.63, 3.8) is 0 Å². The van der Waals surface area contributed by atoms with Crippen LogP contribution in [-0.4, -0.2) is 24.0 Å². The van der Waals surface area contributed by atoms with Crippen molar-refractivity contribution in [3.05, 3.63) is 108 Å². The molecule has 1 unspecified atom stereocenters. The van der Waals surface area contributed by atoms with Gasteiger partial charge < -0.3 is 4.89 Å². The Hall–Kier alpha value is -2.03. The fourth-order valence-corrected chi connectivity index (χ4v) is 6.61. The SMILES string of the molecule is CC[P+]1([O-])OCCCN1C(c1ccccc1)(c1ccccc1)c1ccccc1. The molecule has 1 aliphatic rings. The molecule has 0 bridgehead atoms. The molecule has 0 radical (unpaired) electrons. The summed E-state index contributed by atoms with van der Waals surface area (Å²) in [4.78, 5) is 14.0. The average molecular weight is 391 g/mol. The summed E-state index contributed by atoms with van der Waals surface area (Å²) in [6, 6.07) is 31.2. The molecule has 28 heavy (non-hydrogen) atoms. The van der Waals surface area contributed by atoms with Gasteiger partial charge in [0.05, 0.1) is 12.8 Å². The lowest BCUT2D eigenvalue weighted by molar-refractivity contribution is -0.214. The first-order valence-electron chi connectivity index (χ1n) is 9.90. The smallest absolute Gasteiger partial charge is 0.174 e. The van der Waals surface area contributed by atoms with Crippen LogP contribution in [0.3, 0.4) is 0 Å². The maximum Gasteiger partial charge on any atom is 0.174 e. The molecule has 0 N–H and O–H groups in total. The predicted octanol–water partition coefficient (Wildman–Crippen LogP) is 4.84. The Morgan fingerprint density at radius 3 is 1.64 bits per heavy atom. The molecule has 1 atom stereocenters. The van der Waals surface area contributed by atoms with E-state index in [1.54, 1.807) is 0 Å². The summed E-state index contributed by atoms with van der Waals surface area (Å²) in [5, 5.41) is 0. The van der Waals surface area contributed by atoms with Crippen LogP contribution in [0.15, 0.2) is 91.0 Å². The van der Waals surface area contributed by atoms with E-state index in [-0.39, 0.29) is 0 Å². The van der Waals surface area contributed by atoms with E-state index in [0.29, 0.717) is 12.8 Å². The second kappa shape index (κ2) is 8.14. The van der Waals surface area contributed by atoms with Gasteiger partial charge in [-0.2, -0.15) is 0 Å². The molecular weight excluding hydrogens is 365 g/mol. The molecule has 3 aromatic carbocycles. The van der Waals surface area contributed by atoms with Gasteiger partial charge in [0, 0.05) is 6.54 Å². The van der Waals surface area contributed by atoms with Crippen LogP contribution in [0.1, 0.15) is 30.0 Å². The quantitative estimate of drug-likeness (QED) is 0.461. The highest BCUT2D eigenvalue weighted by atomic mass is 31.2. The number of nitrogens with zero attached hydrogens (tertiary/aromatic N) is 1. The van der Waals surface area contributed by atoms with Crippen LogP contribution >= 0.6 is 7.87 Å². The molecule has 0 saturated carbocycles. The van der Waals surface area contributed by atoms with Crippen LogP contribution in [0.4, 0.5) is 0 Å². The highest BCUT2D eigenvalue weighted by molar-refractivity contribution is 7.61. The number of benzene rings is 3. The third-order valence-corrected chi connectivity index (χ3v) is 8.16. The largest absolute Gasteiger partial charge is 0.641 e. The van der Waals surface area contributed by atoms with Crippen molar-refractivity contribution in [3.8, 4) is 0 Å². The van der Waals surface area contributed by atoms with E-state index < -0.39 is 13.4 Å². The van der Waals surface area contributed by atoms with Crippen LogP contribution in [-0.2, 0) is 10.1 Å². The van der Waals surface area contributed by atoms with Gasteiger partial charge in [-0.25, -0.2) is 4.52 Å². The summed E-state index contributed by atoms with van der Waals surface area (Å²) in [6.45, 7) is 3.24. The first-order valence-corrected chi connectivity index (χ1v) is 11.7. The van der Waals surface area contributed by atoms with Gasteiger partial charge in [-0.05, 0) is 30.0 Å². The molecule has 0 aromatic heterocycles. The van der Waals surface area contributed by atoms with Crippen molar-refractivity contribution in [1.29, 1.82) is 0 Å². The molecule has 0 aliphatic carbocycles. The summed E-state index contributed by atoms with van der Waals surface area (Å²) < 4.78 is 8.12. The highest BCUT2D eigenvalue weighted by Crippen LogP contribution is 2.64. The third-order valence-electron chi connectivity index (χ3n) is 5.54. The molecule has 1 heterocycles. The molecule has 3 nitrogen and oxygen atoms in total. The summed E-state index contributed by atoms with van der Waals surface area (Å²) in [6.07, 6.45) is 1.35. The van der Waals surface area contributed by atoms with E-state index in [2.05, 4.69) is 77.5 Å². The minimum absolute atomic E-state index is 0.487. The van der Waals surface area contributed by atoms with Gasteiger partial charge in [0.15, 0.2) is 7.87 Å². The van der Waals surface area contributed by atoms with E-state index in [1.807, 2.05) is 25.1 Å². The van der Waals surface area contributed by atoms with Crippen LogP contribution in [0, 0.1) is 0 Å². The van der Waals surface area contributed by atoms with Crippen molar-refractivity contribution < 1.29 is 9.42 Å². The molecule has 1 fully saturated rings. The minimum Gasteiger partial charge on any atom is -0.641 e. The average Bonchev–Trinajstić information content (AvgIpc) is 2.78. The fraction of sp³-hybridized carbons (Fsp3) is 0.250. The first-order chi connectivity index (χ1) is 13.7. The fourth-order valence-electron chi connectivity index (χ4n) is 4.29. The topological polar surface area (TPSA) is 35.5 Å². The summed E-state index contributed by atoms with van der Waals surface area (Å²) in [5.41, 5.74) is 2.64. The summed E-state index contributed by atoms with van der Waals surface area (Å²) in [7, 11) is -2.99. The molecule has 4 rings (SSSR count). The van der Waals surface area contributed by atoms with Gasteiger partial charge in [0.25, 0.3) is 0 Å². The molecule has 3 aromatic rings. The van der Waals surface area contributed by atoms with E-state index >= 15 is 0 Å². The minimum atomic E-state index is -2.99. The zero-order valence-electron chi connectivity index (χ0n) is 16.2. The van der Waals surface area contributed by atoms with Gasteiger partial charge in [-0.1, -0.05) is 91.0 Å². The van der Waals surface area contributed by atoms with E-state index in [9.17, 15) is 4.89 Å². The Bertz CT molecular complexity index is 792. The van der Waals surface area contributed by atoms with Gasteiger partial charge in [0.1, 0.15) is 5.54 Å². The molecule has 1 aliphatic heterocycles. The van der Waals surface area contributed by atoms with Crippen LogP contribution in [0.2, 0.25) is 0 Å². The first kappa shape index (κ1) is 19.3. The normalized spacial score (nSPS) is 20.8. The molecular formula is C24H26NO2P. The van der Waals surface area contributed by atoms with Crippen molar-refractivity contribution in [1.82, 2.24) is 4.67 Å².